The molecule has 0 radical (unpaired) electrons. The highest BCUT2D eigenvalue weighted by Gasteiger charge is 2.46. The number of hydrogen-bond acceptors (Lipinski definition) is 8. The number of alkyl halides is 6. The molecule has 0 amide bonds. The van der Waals surface area contributed by atoms with Crippen molar-refractivity contribution in [3.8, 4) is 5.75 Å². The number of methoxy groups -OCH3 is 1. The third-order valence-corrected chi connectivity index (χ3v) is 7.73. The van der Waals surface area contributed by atoms with E-state index < -0.39 is 24.3 Å². The maximum atomic E-state index is 10.6. The van der Waals surface area contributed by atoms with E-state index in [4.69, 9.17) is 29.5 Å². The van der Waals surface area contributed by atoms with Crippen LogP contribution in [0.3, 0.4) is 0 Å². The molecule has 2 N–H and O–H groups in total. The van der Waals surface area contributed by atoms with Crippen molar-refractivity contribution in [2.45, 2.75) is 70.5 Å². The fraction of sp³-hybridized carbons (Fsp3) is 0.500. The van der Waals surface area contributed by atoms with Crippen molar-refractivity contribution in [3.63, 3.8) is 0 Å². The predicted octanol–water partition coefficient (Wildman–Crippen LogP) is 5.39. The standard InChI is InChI=1S/C26H34N6O.2C2HF3O2/c1-19(2)32-20(3)29-24-22(32)17-30(16-21-8-5-6-9-23(21)33-4)18-26(24)10-14-31(15-11-26)25-27-12-7-13-28-25;2*3-2(4,5)1(6)7/h5-9,12-13,19H,10-11,14-18H2,1-4H3;2*(H,6,7). The number of aliphatic carboxylic acids is 2. The molecule has 1 fully saturated rings. The van der Waals surface area contributed by atoms with Crippen LogP contribution in [0.1, 0.15) is 55.5 Å². The number of carboxylic acids is 2. The molecule has 4 heterocycles. The normalized spacial score (nSPS) is 16.0. The van der Waals surface area contributed by atoms with E-state index in [-0.39, 0.29) is 5.41 Å². The van der Waals surface area contributed by atoms with Gasteiger partial charge in [-0.15, -0.1) is 0 Å². The number of fused-ring (bicyclic) bond motifs is 2. The van der Waals surface area contributed by atoms with Gasteiger partial charge >= 0.3 is 24.3 Å². The summed E-state index contributed by atoms with van der Waals surface area (Å²) in [5.74, 6) is -2.59. The van der Waals surface area contributed by atoms with Crippen molar-refractivity contribution < 1.29 is 50.9 Å². The highest BCUT2D eigenvalue weighted by molar-refractivity contribution is 5.73. The summed E-state index contributed by atoms with van der Waals surface area (Å²) in [5, 5.41) is 14.2. The number of rotatable bonds is 5. The Morgan fingerprint density at radius 1 is 0.957 bits per heavy atom. The number of carboxylic acid groups (broad SMARTS) is 2. The lowest BCUT2D eigenvalue weighted by Crippen LogP contribution is -2.52. The van der Waals surface area contributed by atoms with Gasteiger partial charge in [-0.2, -0.15) is 26.3 Å². The first-order valence-electron chi connectivity index (χ1n) is 14.4. The van der Waals surface area contributed by atoms with Gasteiger partial charge in [0.2, 0.25) is 5.95 Å². The number of carbonyl (C=O) groups is 2. The van der Waals surface area contributed by atoms with E-state index in [0.29, 0.717) is 6.04 Å². The molecule has 1 spiro atoms. The van der Waals surface area contributed by atoms with Crippen LogP contribution in [-0.4, -0.2) is 85.7 Å². The van der Waals surface area contributed by atoms with E-state index in [9.17, 15) is 26.3 Å². The molecule has 17 heteroatoms. The number of nitrogens with zero attached hydrogens (tertiary/aromatic N) is 6. The smallest absolute Gasteiger partial charge is 0.490 e. The van der Waals surface area contributed by atoms with Crippen LogP contribution in [0.5, 0.6) is 5.75 Å². The Morgan fingerprint density at radius 3 is 1.98 bits per heavy atom. The van der Waals surface area contributed by atoms with E-state index in [1.165, 1.54) is 17.0 Å². The van der Waals surface area contributed by atoms with Crippen LogP contribution < -0.4 is 9.64 Å². The minimum absolute atomic E-state index is 0.0474. The molecule has 0 saturated carbocycles. The number of piperidine rings is 1. The molecule has 3 aromatic rings. The summed E-state index contributed by atoms with van der Waals surface area (Å²) in [7, 11) is 1.76. The number of benzene rings is 1. The molecule has 2 aliphatic rings. The maximum Gasteiger partial charge on any atom is 0.490 e. The van der Waals surface area contributed by atoms with Crippen molar-refractivity contribution in [2.24, 2.45) is 0 Å². The van der Waals surface area contributed by atoms with Crippen LogP contribution >= 0.6 is 0 Å². The second kappa shape index (κ2) is 15.0. The third-order valence-electron chi connectivity index (χ3n) is 7.73. The van der Waals surface area contributed by atoms with E-state index in [1.807, 2.05) is 24.5 Å². The van der Waals surface area contributed by atoms with Gasteiger partial charge in [-0.3, -0.25) is 4.90 Å². The van der Waals surface area contributed by atoms with Gasteiger partial charge in [0.05, 0.1) is 18.5 Å². The zero-order chi connectivity index (χ0) is 35.2. The molecule has 11 nitrogen and oxygen atoms in total. The molecule has 0 aliphatic carbocycles. The minimum atomic E-state index is -5.08. The van der Waals surface area contributed by atoms with Crippen LogP contribution in [0.2, 0.25) is 0 Å². The van der Waals surface area contributed by atoms with E-state index in [1.54, 1.807) is 7.11 Å². The monoisotopic (exact) mass is 674 g/mol. The first-order valence-corrected chi connectivity index (χ1v) is 14.4. The topological polar surface area (TPSA) is 134 Å². The number of imidazole rings is 1. The molecule has 1 saturated heterocycles. The van der Waals surface area contributed by atoms with Crippen molar-refractivity contribution in [1.82, 2.24) is 24.4 Å². The van der Waals surface area contributed by atoms with Crippen LogP contribution in [-0.2, 0) is 28.1 Å². The number of ether oxygens (including phenoxy) is 1. The Kier molecular flexibility index (Phi) is 11.8. The van der Waals surface area contributed by atoms with E-state index in [0.717, 1.165) is 63.1 Å². The van der Waals surface area contributed by atoms with E-state index >= 15 is 0 Å². The Hall–Kier alpha value is -4.41. The van der Waals surface area contributed by atoms with Gasteiger partial charge in [0, 0.05) is 62.1 Å². The fourth-order valence-corrected chi connectivity index (χ4v) is 5.79. The van der Waals surface area contributed by atoms with Crippen molar-refractivity contribution in [2.75, 3.05) is 31.6 Å². The largest absolute Gasteiger partial charge is 0.496 e. The third kappa shape index (κ3) is 9.33. The van der Waals surface area contributed by atoms with Gasteiger partial charge in [-0.25, -0.2) is 24.5 Å². The second-order valence-electron chi connectivity index (χ2n) is 11.3. The summed E-state index contributed by atoms with van der Waals surface area (Å²) in [5.41, 5.74) is 3.99. The lowest BCUT2D eigenvalue weighted by atomic mass is 9.72. The summed E-state index contributed by atoms with van der Waals surface area (Å²) in [6.07, 6.45) is -4.41. The van der Waals surface area contributed by atoms with Crippen molar-refractivity contribution in [1.29, 1.82) is 0 Å². The number of aromatic nitrogens is 4. The Morgan fingerprint density at radius 2 is 1.49 bits per heavy atom. The second-order valence-corrected chi connectivity index (χ2v) is 11.3. The van der Waals surface area contributed by atoms with Crippen LogP contribution in [0.15, 0.2) is 42.7 Å². The first-order chi connectivity index (χ1) is 21.9. The number of hydrogen-bond donors (Lipinski definition) is 2. The summed E-state index contributed by atoms with van der Waals surface area (Å²) >= 11 is 0. The molecule has 1 aromatic carbocycles. The molecule has 0 bridgehead atoms. The molecular formula is C30H36F6N6O5. The average molecular weight is 675 g/mol. The maximum absolute atomic E-state index is 10.6. The molecule has 258 valence electrons. The van der Waals surface area contributed by atoms with Crippen molar-refractivity contribution >= 4 is 17.9 Å². The van der Waals surface area contributed by atoms with Gasteiger partial charge in [0.15, 0.2) is 0 Å². The number of aryl methyl sites for hydroxylation is 1. The zero-order valence-corrected chi connectivity index (χ0v) is 26.1. The van der Waals surface area contributed by atoms with Crippen LogP contribution in [0, 0.1) is 6.92 Å². The van der Waals surface area contributed by atoms with Gasteiger partial charge < -0.3 is 24.4 Å². The molecule has 0 atom stereocenters. The fourth-order valence-electron chi connectivity index (χ4n) is 5.79. The summed E-state index contributed by atoms with van der Waals surface area (Å²) in [6, 6.07) is 10.6. The van der Waals surface area contributed by atoms with Crippen LogP contribution in [0.4, 0.5) is 32.3 Å². The summed E-state index contributed by atoms with van der Waals surface area (Å²) in [4.78, 5) is 36.8. The van der Waals surface area contributed by atoms with Gasteiger partial charge in [-0.05, 0) is 45.7 Å². The van der Waals surface area contributed by atoms with E-state index in [2.05, 4.69) is 63.3 Å². The molecule has 5 rings (SSSR count). The highest BCUT2D eigenvalue weighted by Crippen LogP contribution is 2.43. The highest BCUT2D eigenvalue weighted by atomic mass is 19.4. The molecule has 2 aliphatic heterocycles. The molecule has 2 aromatic heterocycles. The Balaban J connectivity index is 0.000000360. The summed E-state index contributed by atoms with van der Waals surface area (Å²) < 4.78 is 71.6. The zero-order valence-electron chi connectivity index (χ0n) is 26.1. The summed E-state index contributed by atoms with van der Waals surface area (Å²) in [6.45, 7) is 11.4. The molecular weight excluding hydrogens is 638 g/mol. The lowest BCUT2D eigenvalue weighted by molar-refractivity contribution is -0.193. The number of anilines is 1. The Bertz CT molecular complexity index is 1480. The average Bonchev–Trinajstić information content (AvgIpc) is 3.35. The van der Waals surface area contributed by atoms with Gasteiger partial charge in [-0.1, -0.05) is 18.2 Å². The van der Waals surface area contributed by atoms with Gasteiger partial charge in [0.1, 0.15) is 11.6 Å². The number of halogens is 6. The van der Waals surface area contributed by atoms with Gasteiger partial charge in [0.25, 0.3) is 0 Å². The minimum Gasteiger partial charge on any atom is -0.496 e. The SMILES string of the molecule is COc1ccccc1CN1Cc2c(nc(C)n2C(C)C)C2(CCN(c3ncccn3)CC2)C1.O=C(O)C(F)(F)F.O=C(O)C(F)(F)F. The molecule has 47 heavy (non-hydrogen) atoms. The van der Waals surface area contributed by atoms with Crippen molar-refractivity contribution in [3.05, 3.63) is 65.5 Å². The first kappa shape index (κ1) is 37.1. The number of para-hydroxylation sites is 1. The lowest BCUT2D eigenvalue weighted by Gasteiger charge is -2.47. The Labute approximate surface area is 266 Å². The predicted molar refractivity (Wildman–Crippen MR) is 157 cm³/mol. The molecule has 0 unspecified atom stereocenters. The van der Waals surface area contributed by atoms with Crippen LogP contribution in [0.25, 0.3) is 0 Å². The quantitative estimate of drug-likeness (QED) is 0.340.